The number of rotatable bonds is 5. The number of carbonyl (C=O) groups is 1. The van der Waals surface area contributed by atoms with Gasteiger partial charge in [0, 0.05) is 21.4 Å². The highest BCUT2D eigenvalue weighted by atomic mass is 79.9. The molecule has 1 aromatic heterocycles. The Morgan fingerprint density at radius 2 is 1.85 bits per heavy atom. The third-order valence-corrected chi connectivity index (χ3v) is 4.83. The first-order valence-electron chi connectivity index (χ1n) is 7.78. The molecule has 0 aliphatic heterocycles. The zero-order valence-electron chi connectivity index (χ0n) is 14.4. The molecular formula is C18H15Br2N3O4. The van der Waals surface area contributed by atoms with Gasteiger partial charge in [-0.1, -0.05) is 31.9 Å². The summed E-state index contributed by atoms with van der Waals surface area (Å²) in [5.74, 6) is 0.244. The van der Waals surface area contributed by atoms with Gasteiger partial charge in [-0.15, -0.1) is 10.2 Å². The van der Waals surface area contributed by atoms with Gasteiger partial charge in [0.1, 0.15) is 0 Å². The molecule has 3 rings (SSSR count). The summed E-state index contributed by atoms with van der Waals surface area (Å²) in [5.41, 5.74) is 0.997. The van der Waals surface area contributed by atoms with E-state index in [1.807, 2.05) is 12.1 Å². The highest BCUT2D eigenvalue weighted by Crippen LogP contribution is 2.39. The van der Waals surface area contributed by atoms with Gasteiger partial charge in [-0.05, 0) is 36.4 Å². The molecule has 0 saturated carbocycles. The van der Waals surface area contributed by atoms with Gasteiger partial charge in [0.2, 0.25) is 5.88 Å². The van der Waals surface area contributed by atoms with Crippen LogP contribution in [0.4, 0.5) is 5.69 Å². The molecule has 0 saturated heterocycles. The number of aryl methyl sites for hydroxylation is 1. The minimum absolute atomic E-state index is 0.0739. The molecule has 7 nitrogen and oxygen atoms in total. The Hall–Kier alpha value is -2.39. The van der Waals surface area contributed by atoms with Crippen LogP contribution in [0.15, 0.2) is 55.6 Å². The first-order chi connectivity index (χ1) is 12.9. The smallest absolute Gasteiger partial charge is 0.302 e. The van der Waals surface area contributed by atoms with Crippen LogP contribution in [0.1, 0.15) is 0 Å². The SMILES string of the molecule is COc1cc(Br)ccc1OCC(=O)N=Nc1c(O)n(C)c2ccc(Br)cc12. The van der Waals surface area contributed by atoms with Crippen molar-refractivity contribution < 1.29 is 19.4 Å². The fraction of sp³-hybridized carbons (Fsp3) is 0.167. The molecule has 0 aliphatic rings. The number of methoxy groups -OCH3 is 1. The van der Waals surface area contributed by atoms with E-state index in [0.717, 1.165) is 14.5 Å². The number of halogens is 2. The lowest BCUT2D eigenvalue weighted by molar-refractivity contribution is -0.120. The van der Waals surface area contributed by atoms with E-state index >= 15 is 0 Å². The fourth-order valence-corrected chi connectivity index (χ4v) is 3.22. The monoisotopic (exact) mass is 495 g/mol. The summed E-state index contributed by atoms with van der Waals surface area (Å²) in [6, 6.07) is 10.7. The van der Waals surface area contributed by atoms with Crippen molar-refractivity contribution in [2.24, 2.45) is 17.3 Å². The average Bonchev–Trinajstić information content (AvgIpc) is 2.88. The maximum atomic E-state index is 12.0. The van der Waals surface area contributed by atoms with Gasteiger partial charge in [-0.25, -0.2) is 0 Å². The Morgan fingerprint density at radius 3 is 2.59 bits per heavy atom. The number of hydrogen-bond donors (Lipinski definition) is 1. The predicted molar refractivity (Wildman–Crippen MR) is 108 cm³/mol. The second-order valence-corrected chi connectivity index (χ2v) is 7.40. The van der Waals surface area contributed by atoms with Gasteiger partial charge in [0.15, 0.2) is 23.8 Å². The summed E-state index contributed by atoms with van der Waals surface area (Å²) < 4.78 is 13.9. The molecule has 27 heavy (non-hydrogen) atoms. The lowest BCUT2D eigenvalue weighted by Crippen LogP contribution is -2.08. The Bertz CT molecular complexity index is 1050. The topological polar surface area (TPSA) is 85.4 Å². The van der Waals surface area contributed by atoms with Crippen LogP contribution < -0.4 is 9.47 Å². The Labute approximate surface area is 171 Å². The molecule has 0 spiro atoms. The molecule has 0 fully saturated rings. The summed E-state index contributed by atoms with van der Waals surface area (Å²) in [6.07, 6.45) is 0. The van der Waals surface area contributed by atoms with Crippen LogP contribution in [0.5, 0.6) is 17.4 Å². The zero-order chi connectivity index (χ0) is 19.6. The van der Waals surface area contributed by atoms with Gasteiger partial charge in [-0.3, -0.25) is 4.79 Å². The number of amides is 1. The van der Waals surface area contributed by atoms with Crippen molar-refractivity contribution in [2.75, 3.05) is 13.7 Å². The van der Waals surface area contributed by atoms with Gasteiger partial charge >= 0.3 is 5.91 Å². The molecule has 3 aromatic rings. The van der Waals surface area contributed by atoms with Crippen molar-refractivity contribution in [3.8, 4) is 17.4 Å². The number of nitrogens with zero attached hydrogens (tertiary/aromatic N) is 3. The van der Waals surface area contributed by atoms with E-state index in [2.05, 4.69) is 42.1 Å². The van der Waals surface area contributed by atoms with Crippen molar-refractivity contribution in [2.45, 2.75) is 0 Å². The van der Waals surface area contributed by atoms with Gasteiger partial charge in [-0.2, -0.15) is 0 Å². The van der Waals surface area contributed by atoms with E-state index in [1.165, 1.54) is 7.11 Å². The number of fused-ring (bicyclic) bond motifs is 1. The number of carbonyl (C=O) groups excluding carboxylic acids is 1. The van der Waals surface area contributed by atoms with E-state index in [-0.39, 0.29) is 18.2 Å². The standard InChI is InChI=1S/C18H15Br2N3O4/c1-23-13-5-3-10(19)7-12(13)17(18(23)25)22-21-16(24)9-27-14-6-4-11(20)8-15(14)26-2/h3-8,25H,9H2,1-2H3. The third kappa shape index (κ3) is 4.14. The normalized spacial score (nSPS) is 11.3. The van der Waals surface area contributed by atoms with E-state index in [1.54, 1.807) is 35.9 Å². The van der Waals surface area contributed by atoms with Crippen molar-refractivity contribution in [3.05, 3.63) is 45.3 Å². The van der Waals surface area contributed by atoms with Crippen LogP contribution in [-0.4, -0.2) is 29.3 Å². The van der Waals surface area contributed by atoms with E-state index in [4.69, 9.17) is 9.47 Å². The number of benzene rings is 2. The minimum Gasteiger partial charge on any atom is -0.493 e. The first kappa shape index (κ1) is 19.4. The molecule has 1 N–H and O–H groups in total. The number of aromatic hydroxyl groups is 1. The molecule has 140 valence electrons. The Morgan fingerprint density at radius 1 is 1.15 bits per heavy atom. The van der Waals surface area contributed by atoms with Gasteiger partial charge < -0.3 is 19.1 Å². The van der Waals surface area contributed by atoms with Crippen LogP contribution in [0.25, 0.3) is 10.9 Å². The molecule has 2 aromatic carbocycles. The third-order valence-electron chi connectivity index (χ3n) is 3.84. The molecule has 0 unspecified atom stereocenters. The second kappa shape index (κ2) is 8.10. The summed E-state index contributed by atoms with van der Waals surface area (Å²) in [6.45, 7) is -0.309. The van der Waals surface area contributed by atoms with E-state index in [0.29, 0.717) is 16.9 Å². The number of aromatic nitrogens is 1. The first-order valence-corrected chi connectivity index (χ1v) is 9.37. The number of azo groups is 1. The van der Waals surface area contributed by atoms with Crippen LogP contribution in [0.2, 0.25) is 0 Å². The molecule has 0 radical (unpaired) electrons. The predicted octanol–water partition coefficient (Wildman–Crippen LogP) is 5.11. The van der Waals surface area contributed by atoms with Crippen LogP contribution in [0, 0.1) is 0 Å². The molecular weight excluding hydrogens is 482 g/mol. The lowest BCUT2D eigenvalue weighted by atomic mass is 10.2. The Kier molecular flexibility index (Phi) is 5.81. The summed E-state index contributed by atoms with van der Waals surface area (Å²) >= 11 is 6.72. The van der Waals surface area contributed by atoms with Crippen LogP contribution >= 0.6 is 31.9 Å². The Balaban J connectivity index is 1.77. The summed E-state index contributed by atoms with van der Waals surface area (Å²) in [4.78, 5) is 12.0. The fourth-order valence-electron chi connectivity index (χ4n) is 2.52. The maximum Gasteiger partial charge on any atom is 0.302 e. The quantitative estimate of drug-likeness (QED) is 0.497. The minimum atomic E-state index is -0.591. The van der Waals surface area contributed by atoms with Gasteiger partial charge in [0.25, 0.3) is 0 Å². The largest absolute Gasteiger partial charge is 0.493 e. The van der Waals surface area contributed by atoms with Crippen LogP contribution in [-0.2, 0) is 11.8 Å². The summed E-state index contributed by atoms with van der Waals surface area (Å²) in [5, 5.41) is 18.5. The highest BCUT2D eigenvalue weighted by Gasteiger charge is 2.15. The van der Waals surface area contributed by atoms with E-state index in [9.17, 15) is 9.90 Å². The van der Waals surface area contributed by atoms with Gasteiger partial charge in [0.05, 0.1) is 12.6 Å². The molecule has 0 bridgehead atoms. The second-order valence-electron chi connectivity index (χ2n) is 5.57. The maximum absolute atomic E-state index is 12.0. The lowest BCUT2D eigenvalue weighted by Gasteiger charge is -2.09. The number of hydrogen-bond acceptors (Lipinski definition) is 5. The van der Waals surface area contributed by atoms with Crippen LogP contribution in [0.3, 0.4) is 0 Å². The number of ether oxygens (including phenoxy) is 2. The van der Waals surface area contributed by atoms with E-state index < -0.39 is 5.91 Å². The summed E-state index contributed by atoms with van der Waals surface area (Å²) in [7, 11) is 3.22. The molecule has 9 heteroatoms. The van der Waals surface area contributed by atoms with Crippen molar-refractivity contribution >= 4 is 54.4 Å². The van der Waals surface area contributed by atoms with Crippen molar-refractivity contribution in [1.29, 1.82) is 0 Å². The average molecular weight is 497 g/mol. The van der Waals surface area contributed by atoms with Crippen molar-refractivity contribution in [3.63, 3.8) is 0 Å². The zero-order valence-corrected chi connectivity index (χ0v) is 17.6. The van der Waals surface area contributed by atoms with Crippen molar-refractivity contribution in [1.82, 2.24) is 4.57 Å². The highest BCUT2D eigenvalue weighted by molar-refractivity contribution is 9.10. The molecule has 0 aliphatic carbocycles. The molecule has 1 heterocycles. The molecule has 0 atom stereocenters. The molecule has 1 amide bonds.